The summed E-state index contributed by atoms with van der Waals surface area (Å²) >= 11 is 0. The fourth-order valence-corrected chi connectivity index (χ4v) is 1.54. The molecule has 0 radical (unpaired) electrons. The molecule has 0 heterocycles. The van der Waals surface area contributed by atoms with Gasteiger partial charge in [0.05, 0.1) is 11.1 Å². The minimum atomic E-state index is -1.31. The highest BCUT2D eigenvalue weighted by Gasteiger charge is 2.21. The molecule has 0 spiro atoms. The second-order valence-electron chi connectivity index (χ2n) is 3.14. The van der Waals surface area contributed by atoms with Gasteiger partial charge in [0.1, 0.15) is 0 Å². The van der Waals surface area contributed by atoms with Crippen LogP contribution in [0.5, 0.6) is 0 Å². The molecule has 0 aliphatic rings. The van der Waals surface area contributed by atoms with E-state index in [0.29, 0.717) is 5.56 Å². The number of rotatable bonds is 4. The summed E-state index contributed by atoms with van der Waals surface area (Å²) in [6, 6.07) is 2.71. The van der Waals surface area contributed by atoms with Gasteiger partial charge in [-0.2, -0.15) is 0 Å². The molecule has 1 aromatic rings. The molecule has 0 unspecified atom stereocenters. The van der Waals surface area contributed by atoms with Gasteiger partial charge in [-0.15, -0.1) is 0 Å². The van der Waals surface area contributed by atoms with Gasteiger partial charge in [0.2, 0.25) is 0 Å². The largest absolute Gasteiger partial charge is 0.478 e. The molecular formula is C10H12N2O4. The van der Waals surface area contributed by atoms with Gasteiger partial charge in [-0.25, -0.2) is 9.59 Å². The van der Waals surface area contributed by atoms with Crippen LogP contribution in [0.1, 0.15) is 31.8 Å². The first-order valence-electron chi connectivity index (χ1n) is 4.54. The Hall–Kier alpha value is -1.92. The summed E-state index contributed by atoms with van der Waals surface area (Å²) < 4.78 is 0. The summed E-state index contributed by atoms with van der Waals surface area (Å²) in [4.78, 5) is 21.9. The molecule has 6 N–H and O–H groups in total. The fourth-order valence-electron chi connectivity index (χ4n) is 1.54. The fraction of sp³-hybridized carbons (Fsp3) is 0.200. The van der Waals surface area contributed by atoms with Crippen molar-refractivity contribution in [2.75, 3.05) is 0 Å². The predicted molar refractivity (Wildman–Crippen MR) is 56.1 cm³/mol. The molecule has 16 heavy (non-hydrogen) atoms. The summed E-state index contributed by atoms with van der Waals surface area (Å²) in [5.74, 6) is -2.61. The molecule has 6 nitrogen and oxygen atoms in total. The van der Waals surface area contributed by atoms with Gasteiger partial charge in [0.15, 0.2) is 0 Å². The van der Waals surface area contributed by atoms with Gasteiger partial charge in [-0.05, 0) is 17.2 Å². The Morgan fingerprint density at radius 3 is 2.06 bits per heavy atom. The molecule has 0 aromatic heterocycles. The number of hydrogen-bond donors (Lipinski definition) is 4. The van der Waals surface area contributed by atoms with Crippen molar-refractivity contribution in [3.8, 4) is 0 Å². The van der Waals surface area contributed by atoms with E-state index >= 15 is 0 Å². The van der Waals surface area contributed by atoms with Crippen molar-refractivity contribution < 1.29 is 19.8 Å². The van der Waals surface area contributed by atoms with E-state index in [4.69, 9.17) is 21.7 Å². The van der Waals surface area contributed by atoms with Gasteiger partial charge in [0, 0.05) is 13.1 Å². The Balaban J connectivity index is 3.56. The van der Waals surface area contributed by atoms with Crippen molar-refractivity contribution in [3.63, 3.8) is 0 Å². The molecule has 0 atom stereocenters. The van der Waals surface area contributed by atoms with Crippen molar-refractivity contribution in [1.82, 2.24) is 0 Å². The quantitative estimate of drug-likeness (QED) is 0.570. The maximum Gasteiger partial charge on any atom is 0.336 e. The van der Waals surface area contributed by atoms with Crippen LogP contribution in [-0.4, -0.2) is 22.2 Å². The van der Waals surface area contributed by atoms with Gasteiger partial charge >= 0.3 is 11.9 Å². The average Bonchev–Trinajstić information content (AvgIpc) is 2.26. The number of nitrogens with two attached hydrogens (primary N) is 2. The molecule has 0 aliphatic heterocycles. The summed E-state index contributed by atoms with van der Waals surface area (Å²) in [6.07, 6.45) is 0. The third kappa shape index (κ3) is 2.02. The van der Waals surface area contributed by atoms with E-state index in [9.17, 15) is 9.59 Å². The van der Waals surface area contributed by atoms with Crippen molar-refractivity contribution in [1.29, 1.82) is 0 Å². The van der Waals surface area contributed by atoms with Crippen LogP contribution in [0.15, 0.2) is 12.1 Å². The van der Waals surface area contributed by atoms with Crippen LogP contribution in [0, 0.1) is 0 Å². The lowest BCUT2D eigenvalue weighted by Gasteiger charge is -2.11. The molecule has 1 aromatic carbocycles. The summed E-state index contributed by atoms with van der Waals surface area (Å²) in [5, 5.41) is 17.8. The normalized spacial score (nSPS) is 10.1. The number of benzene rings is 1. The highest BCUT2D eigenvalue weighted by Crippen LogP contribution is 2.19. The van der Waals surface area contributed by atoms with Gasteiger partial charge < -0.3 is 21.7 Å². The van der Waals surface area contributed by atoms with Crippen LogP contribution >= 0.6 is 0 Å². The molecule has 0 amide bonds. The van der Waals surface area contributed by atoms with E-state index in [0.717, 1.165) is 0 Å². The average molecular weight is 224 g/mol. The van der Waals surface area contributed by atoms with Crippen LogP contribution in [0.3, 0.4) is 0 Å². The second-order valence-corrected chi connectivity index (χ2v) is 3.14. The van der Waals surface area contributed by atoms with Gasteiger partial charge in [-0.1, -0.05) is 6.07 Å². The first-order chi connectivity index (χ1) is 7.52. The third-order valence-corrected chi connectivity index (χ3v) is 2.28. The highest BCUT2D eigenvalue weighted by molar-refractivity contribution is 6.03. The Labute approximate surface area is 91.5 Å². The maximum absolute atomic E-state index is 11.0. The zero-order valence-corrected chi connectivity index (χ0v) is 8.43. The number of aromatic carboxylic acids is 2. The van der Waals surface area contributed by atoms with E-state index in [1.54, 1.807) is 0 Å². The van der Waals surface area contributed by atoms with E-state index < -0.39 is 11.9 Å². The lowest BCUT2D eigenvalue weighted by Crippen LogP contribution is -2.17. The standard InChI is InChI=1S/C10H12N2O4/c11-3-5-1-2-6(9(13)14)8(10(15)16)7(5)4-12/h1-2H,3-4,11-12H2,(H,13,14)(H,15,16). The first-order valence-corrected chi connectivity index (χ1v) is 4.54. The number of carboxylic acids is 2. The molecule has 1 rings (SSSR count). The van der Waals surface area contributed by atoms with Crippen LogP contribution < -0.4 is 11.5 Å². The van der Waals surface area contributed by atoms with Crippen LogP contribution in [0.4, 0.5) is 0 Å². The number of carboxylic acid groups (broad SMARTS) is 2. The SMILES string of the molecule is NCc1ccc(C(=O)O)c(C(=O)O)c1CN. The van der Waals surface area contributed by atoms with Crippen LogP contribution in [0.25, 0.3) is 0 Å². The van der Waals surface area contributed by atoms with E-state index in [1.165, 1.54) is 12.1 Å². The van der Waals surface area contributed by atoms with Crippen molar-refractivity contribution in [3.05, 3.63) is 34.4 Å². The van der Waals surface area contributed by atoms with Gasteiger partial charge in [0.25, 0.3) is 0 Å². The summed E-state index contributed by atoms with van der Waals surface area (Å²) in [5.41, 5.74) is 11.1. The van der Waals surface area contributed by atoms with Crippen molar-refractivity contribution >= 4 is 11.9 Å². The Bertz CT molecular complexity index is 443. The number of hydrogen-bond acceptors (Lipinski definition) is 4. The molecular weight excluding hydrogens is 212 g/mol. The molecule has 0 aliphatic carbocycles. The van der Waals surface area contributed by atoms with Crippen molar-refractivity contribution in [2.24, 2.45) is 11.5 Å². The Kier molecular flexibility index (Phi) is 3.60. The van der Waals surface area contributed by atoms with Gasteiger partial charge in [-0.3, -0.25) is 0 Å². The minimum Gasteiger partial charge on any atom is -0.478 e. The Morgan fingerprint density at radius 1 is 1.06 bits per heavy atom. The topological polar surface area (TPSA) is 127 Å². The molecule has 0 saturated heterocycles. The lowest BCUT2D eigenvalue weighted by molar-refractivity contribution is 0.0650. The minimum absolute atomic E-state index is 0.0602. The van der Waals surface area contributed by atoms with Crippen LogP contribution in [0.2, 0.25) is 0 Å². The predicted octanol–water partition coefficient (Wildman–Crippen LogP) is 0.000400. The molecule has 0 bridgehead atoms. The smallest absolute Gasteiger partial charge is 0.336 e. The Morgan fingerprint density at radius 2 is 1.69 bits per heavy atom. The number of carbonyl (C=O) groups is 2. The highest BCUT2D eigenvalue weighted by atomic mass is 16.4. The van der Waals surface area contributed by atoms with E-state index in [1.807, 2.05) is 0 Å². The summed E-state index contributed by atoms with van der Waals surface area (Å²) in [6.45, 7) is 0.0575. The monoisotopic (exact) mass is 224 g/mol. The molecule has 6 heteroatoms. The first kappa shape index (κ1) is 12.2. The zero-order valence-electron chi connectivity index (χ0n) is 8.43. The maximum atomic E-state index is 11.0. The third-order valence-electron chi connectivity index (χ3n) is 2.28. The van der Waals surface area contributed by atoms with Crippen LogP contribution in [-0.2, 0) is 13.1 Å². The lowest BCUT2D eigenvalue weighted by atomic mass is 9.95. The molecule has 86 valence electrons. The molecule has 0 saturated carbocycles. The van der Waals surface area contributed by atoms with Crippen molar-refractivity contribution in [2.45, 2.75) is 13.1 Å². The van der Waals surface area contributed by atoms with E-state index in [2.05, 4.69) is 0 Å². The molecule has 0 fully saturated rings. The zero-order chi connectivity index (χ0) is 12.3. The summed E-state index contributed by atoms with van der Waals surface area (Å²) in [7, 11) is 0. The van der Waals surface area contributed by atoms with E-state index in [-0.39, 0.29) is 29.8 Å². The second kappa shape index (κ2) is 4.73.